The highest BCUT2D eigenvalue weighted by Gasteiger charge is 2.28. The van der Waals surface area contributed by atoms with Gasteiger partial charge in [-0.05, 0) is 31.4 Å². The van der Waals surface area contributed by atoms with E-state index in [2.05, 4.69) is 48.7 Å². The van der Waals surface area contributed by atoms with E-state index in [1.165, 1.54) is 0 Å². The van der Waals surface area contributed by atoms with E-state index >= 15 is 0 Å². The number of pyridine rings is 1. The number of imidazole rings is 1. The SMILES string of the molecule is CCNC(=NCCc1noc(-c2ccccn2)n1)N1CCC(C)C(n2ccnc2)C1. The lowest BCUT2D eigenvalue weighted by Gasteiger charge is -2.39. The third-order valence-electron chi connectivity index (χ3n) is 5.41. The Morgan fingerprint density at radius 1 is 1.33 bits per heavy atom. The topological polar surface area (TPSA) is 97.3 Å². The summed E-state index contributed by atoms with van der Waals surface area (Å²) in [5.41, 5.74) is 0.682. The van der Waals surface area contributed by atoms with Gasteiger partial charge < -0.3 is 19.3 Å². The number of hydrogen-bond acceptors (Lipinski definition) is 6. The van der Waals surface area contributed by atoms with Crippen LogP contribution >= 0.6 is 0 Å². The number of rotatable bonds is 6. The minimum Gasteiger partial charge on any atom is -0.357 e. The first-order valence-electron chi connectivity index (χ1n) is 10.5. The number of piperidine rings is 1. The molecule has 9 heteroatoms. The van der Waals surface area contributed by atoms with E-state index in [0.29, 0.717) is 42.3 Å². The Kier molecular flexibility index (Phi) is 6.36. The highest BCUT2D eigenvalue weighted by atomic mass is 16.5. The van der Waals surface area contributed by atoms with Crippen LogP contribution in [0.4, 0.5) is 0 Å². The Labute approximate surface area is 176 Å². The molecule has 1 aliphatic heterocycles. The molecule has 158 valence electrons. The number of likely N-dealkylation sites (tertiary alicyclic amines) is 1. The summed E-state index contributed by atoms with van der Waals surface area (Å²) in [6.07, 6.45) is 9.23. The molecule has 30 heavy (non-hydrogen) atoms. The fraction of sp³-hybridized carbons (Fsp3) is 0.476. The van der Waals surface area contributed by atoms with Crippen molar-refractivity contribution in [2.75, 3.05) is 26.2 Å². The molecular weight excluding hydrogens is 380 g/mol. The van der Waals surface area contributed by atoms with Crippen LogP contribution in [0, 0.1) is 5.92 Å². The van der Waals surface area contributed by atoms with Gasteiger partial charge in [0.05, 0.1) is 12.4 Å². The Bertz CT molecular complexity index is 937. The average molecular weight is 409 g/mol. The van der Waals surface area contributed by atoms with Crippen molar-refractivity contribution in [3.8, 4) is 11.6 Å². The molecule has 2 atom stereocenters. The standard InChI is InChI=1S/C21H28N8O/c1-3-23-21(28-12-8-16(2)18(14-28)29-13-11-22-15-29)25-10-7-19-26-20(30-27-19)17-6-4-5-9-24-17/h4-6,9,11,13,15-16,18H,3,7-8,10,12,14H2,1-2H3,(H,23,25). The molecule has 2 unspecified atom stereocenters. The molecule has 1 N–H and O–H groups in total. The van der Waals surface area contributed by atoms with Crippen molar-refractivity contribution in [2.45, 2.75) is 32.7 Å². The van der Waals surface area contributed by atoms with Gasteiger partial charge in [-0.3, -0.25) is 9.98 Å². The highest BCUT2D eigenvalue weighted by Crippen LogP contribution is 2.27. The predicted molar refractivity (Wildman–Crippen MR) is 114 cm³/mol. The lowest BCUT2D eigenvalue weighted by molar-refractivity contribution is 0.189. The van der Waals surface area contributed by atoms with Crippen molar-refractivity contribution in [2.24, 2.45) is 10.9 Å². The maximum absolute atomic E-state index is 5.33. The highest BCUT2D eigenvalue weighted by molar-refractivity contribution is 5.80. The second kappa shape index (κ2) is 9.51. The normalized spacial score (nSPS) is 19.8. The van der Waals surface area contributed by atoms with Gasteiger partial charge in [-0.2, -0.15) is 4.98 Å². The van der Waals surface area contributed by atoms with Crippen LogP contribution in [0.5, 0.6) is 0 Å². The van der Waals surface area contributed by atoms with E-state index in [1.54, 1.807) is 6.20 Å². The molecule has 3 aromatic rings. The summed E-state index contributed by atoms with van der Waals surface area (Å²) in [5, 5.41) is 7.49. The van der Waals surface area contributed by atoms with Crippen LogP contribution in [0.25, 0.3) is 11.6 Å². The molecule has 0 spiro atoms. The molecule has 0 saturated carbocycles. The molecule has 0 aliphatic carbocycles. The minimum atomic E-state index is 0.392. The van der Waals surface area contributed by atoms with Crippen molar-refractivity contribution >= 4 is 5.96 Å². The molecule has 9 nitrogen and oxygen atoms in total. The van der Waals surface area contributed by atoms with E-state index in [1.807, 2.05) is 36.9 Å². The first kappa shape index (κ1) is 20.1. The first-order chi connectivity index (χ1) is 14.7. The number of guanidine groups is 1. The summed E-state index contributed by atoms with van der Waals surface area (Å²) < 4.78 is 7.54. The first-order valence-corrected chi connectivity index (χ1v) is 10.5. The number of aliphatic imine (C=N–C) groups is 1. The zero-order chi connectivity index (χ0) is 20.8. The molecule has 0 radical (unpaired) electrons. The van der Waals surface area contributed by atoms with Gasteiger partial charge in [0.1, 0.15) is 5.69 Å². The van der Waals surface area contributed by atoms with E-state index in [0.717, 1.165) is 32.0 Å². The summed E-state index contributed by atoms with van der Waals surface area (Å²) in [6.45, 7) is 7.72. The lowest BCUT2D eigenvalue weighted by Crippen LogP contribution is -2.49. The maximum Gasteiger partial charge on any atom is 0.276 e. The summed E-state index contributed by atoms with van der Waals surface area (Å²) in [7, 11) is 0. The molecule has 4 rings (SSSR count). The molecule has 1 aliphatic rings. The van der Waals surface area contributed by atoms with Crippen LogP contribution < -0.4 is 5.32 Å². The summed E-state index contributed by atoms with van der Waals surface area (Å²) in [4.78, 5) is 20.1. The second-order valence-corrected chi connectivity index (χ2v) is 7.51. The van der Waals surface area contributed by atoms with Crippen LogP contribution in [-0.2, 0) is 6.42 Å². The smallest absolute Gasteiger partial charge is 0.276 e. The molecule has 0 amide bonds. The Balaban J connectivity index is 1.40. The maximum atomic E-state index is 5.33. The van der Waals surface area contributed by atoms with Gasteiger partial charge in [0.2, 0.25) is 0 Å². The fourth-order valence-electron chi connectivity index (χ4n) is 3.73. The van der Waals surface area contributed by atoms with Crippen molar-refractivity contribution in [1.82, 2.24) is 34.9 Å². The van der Waals surface area contributed by atoms with E-state index in [-0.39, 0.29) is 0 Å². The third kappa shape index (κ3) is 4.67. The lowest BCUT2D eigenvalue weighted by atomic mass is 9.93. The third-order valence-corrected chi connectivity index (χ3v) is 5.41. The molecular formula is C21H28N8O. The van der Waals surface area contributed by atoms with Crippen molar-refractivity contribution in [1.29, 1.82) is 0 Å². The van der Waals surface area contributed by atoms with E-state index in [9.17, 15) is 0 Å². The number of nitrogens with zero attached hydrogens (tertiary/aromatic N) is 7. The molecule has 1 fully saturated rings. The average Bonchev–Trinajstić information content (AvgIpc) is 3.47. The van der Waals surface area contributed by atoms with Crippen LogP contribution in [-0.4, -0.2) is 61.7 Å². The summed E-state index contributed by atoms with van der Waals surface area (Å²) in [5.74, 6) is 2.61. The van der Waals surface area contributed by atoms with Gasteiger partial charge in [-0.1, -0.05) is 18.1 Å². The number of nitrogens with one attached hydrogen (secondary N) is 1. The monoisotopic (exact) mass is 408 g/mol. The zero-order valence-electron chi connectivity index (χ0n) is 17.5. The second-order valence-electron chi connectivity index (χ2n) is 7.51. The van der Waals surface area contributed by atoms with Crippen molar-refractivity contribution in [3.63, 3.8) is 0 Å². The fourth-order valence-corrected chi connectivity index (χ4v) is 3.73. The Hall–Kier alpha value is -3.23. The van der Waals surface area contributed by atoms with Crippen molar-refractivity contribution < 1.29 is 4.52 Å². The van der Waals surface area contributed by atoms with Crippen LogP contribution in [0.15, 0.2) is 52.6 Å². The van der Waals surface area contributed by atoms with Crippen LogP contribution in [0.1, 0.15) is 32.1 Å². The molecule has 0 aromatic carbocycles. The molecule has 1 saturated heterocycles. The van der Waals surface area contributed by atoms with Crippen molar-refractivity contribution in [3.05, 3.63) is 48.9 Å². The van der Waals surface area contributed by atoms with Gasteiger partial charge >= 0.3 is 0 Å². The zero-order valence-corrected chi connectivity index (χ0v) is 17.5. The summed E-state index contributed by atoms with van der Waals surface area (Å²) in [6, 6.07) is 6.00. The number of hydrogen-bond donors (Lipinski definition) is 1. The van der Waals surface area contributed by atoms with Gasteiger partial charge in [0, 0.05) is 51.2 Å². The minimum absolute atomic E-state index is 0.392. The van der Waals surface area contributed by atoms with Gasteiger partial charge in [0.25, 0.3) is 5.89 Å². The Morgan fingerprint density at radius 2 is 2.27 bits per heavy atom. The largest absolute Gasteiger partial charge is 0.357 e. The summed E-state index contributed by atoms with van der Waals surface area (Å²) >= 11 is 0. The van der Waals surface area contributed by atoms with Gasteiger partial charge in [-0.25, -0.2) is 4.98 Å². The quantitative estimate of drug-likeness (QED) is 0.494. The van der Waals surface area contributed by atoms with Crippen LogP contribution in [0.2, 0.25) is 0 Å². The predicted octanol–water partition coefficient (Wildman–Crippen LogP) is 2.42. The number of aromatic nitrogens is 5. The molecule has 4 heterocycles. The van der Waals surface area contributed by atoms with E-state index in [4.69, 9.17) is 9.52 Å². The molecule has 0 bridgehead atoms. The van der Waals surface area contributed by atoms with Crippen LogP contribution in [0.3, 0.4) is 0 Å². The van der Waals surface area contributed by atoms with E-state index < -0.39 is 0 Å². The Morgan fingerprint density at radius 3 is 3.03 bits per heavy atom. The van der Waals surface area contributed by atoms with Gasteiger partial charge in [-0.15, -0.1) is 0 Å². The molecule has 3 aromatic heterocycles. The van der Waals surface area contributed by atoms with Gasteiger partial charge in [0.15, 0.2) is 11.8 Å².